The lowest BCUT2D eigenvalue weighted by molar-refractivity contribution is 0.0654. The molecule has 0 unspecified atom stereocenters. The summed E-state index contributed by atoms with van der Waals surface area (Å²) in [6.07, 6.45) is 5.62. The molecule has 2 aromatic heterocycles. The molecule has 0 N–H and O–H groups in total. The van der Waals surface area contributed by atoms with E-state index >= 15 is 0 Å². The molecule has 0 aromatic carbocycles. The van der Waals surface area contributed by atoms with Gasteiger partial charge in [0.15, 0.2) is 0 Å². The Morgan fingerprint density at radius 3 is 2.95 bits per heavy atom. The second-order valence-electron chi connectivity index (χ2n) is 5.90. The molecule has 0 radical (unpaired) electrons. The van der Waals surface area contributed by atoms with Gasteiger partial charge in [0.2, 0.25) is 0 Å². The van der Waals surface area contributed by atoms with Crippen molar-refractivity contribution < 1.29 is 4.79 Å². The zero-order valence-electron chi connectivity index (χ0n) is 12.7. The van der Waals surface area contributed by atoms with E-state index < -0.39 is 0 Å². The standard InChI is InChI=1S/C15H21N5O/c1-17(2)8-13-10-19(9-12-7-16-11-20(12)13)15(21)14-5-4-6-18(14)3/h4-7,11,13H,8-10H2,1-3H3/t13-/m0/s1. The van der Waals surface area contributed by atoms with Crippen molar-refractivity contribution in [3.8, 4) is 0 Å². The van der Waals surface area contributed by atoms with Gasteiger partial charge in [0, 0.05) is 32.5 Å². The Kier molecular flexibility index (Phi) is 3.55. The third-order valence-corrected chi connectivity index (χ3v) is 3.95. The van der Waals surface area contributed by atoms with E-state index in [0.29, 0.717) is 13.1 Å². The molecule has 1 aliphatic rings. The predicted molar refractivity (Wildman–Crippen MR) is 80.0 cm³/mol. The highest BCUT2D eigenvalue weighted by molar-refractivity contribution is 5.92. The van der Waals surface area contributed by atoms with E-state index in [1.165, 1.54) is 0 Å². The summed E-state index contributed by atoms with van der Waals surface area (Å²) in [4.78, 5) is 21.0. The van der Waals surface area contributed by atoms with Crippen LogP contribution in [0.4, 0.5) is 0 Å². The van der Waals surface area contributed by atoms with Crippen molar-refractivity contribution in [3.05, 3.63) is 42.2 Å². The number of carbonyl (C=O) groups excluding carboxylic acids is 1. The van der Waals surface area contributed by atoms with E-state index in [2.05, 4.69) is 28.5 Å². The lowest BCUT2D eigenvalue weighted by Gasteiger charge is -2.35. The van der Waals surface area contributed by atoms with Gasteiger partial charge < -0.3 is 18.9 Å². The first-order valence-corrected chi connectivity index (χ1v) is 7.12. The largest absolute Gasteiger partial charge is 0.347 e. The number of aromatic nitrogens is 3. The lowest BCUT2D eigenvalue weighted by atomic mass is 10.1. The van der Waals surface area contributed by atoms with Gasteiger partial charge in [-0.1, -0.05) is 0 Å². The molecule has 0 saturated heterocycles. The van der Waals surface area contributed by atoms with Gasteiger partial charge in [-0.15, -0.1) is 0 Å². The van der Waals surface area contributed by atoms with Crippen LogP contribution in [-0.2, 0) is 13.6 Å². The Bertz CT molecular complexity index is 642. The summed E-state index contributed by atoms with van der Waals surface area (Å²) >= 11 is 0. The molecule has 0 saturated carbocycles. The van der Waals surface area contributed by atoms with E-state index in [4.69, 9.17) is 0 Å². The highest BCUT2D eigenvalue weighted by Gasteiger charge is 2.29. The molecule has 3 heterocycles. The number of aryl methyl sites for hydroxylation is 1. The van der Waals surface area contributed by atoms with Gasteiger partial charge in [0.1, 0.15) is 5.69 Å². The summed E-state index contributed by atoms with van der Waals surface area (Å²) in [6, 6.07) is 4.02. The van der Waals surface area contributed by atoms with Crippen molar-refractivity contribution in [3.63, 3.8) is 0 Å². The summed E-state index contributed by atoms with van der Waals surface area (Å²) in [5.74, 6) is 0.0821. The number of fused-ring (bicyclic) bond motifs is 1. The molecule has 21 heavy (non-hydrogen) atoms. The molecular weight excluding hydrogens is 266 g/mol. The normalized spacial score (nSPS) is 18.1. The lowest BCUT2D eigenvalue weighted by Crippen LogP contribution is -2.44. The Morgan fingerprint density at radius 2 is 2.29 bits per heavy atom. The van der Waals surface area contributed by atoms with Crippen LogP contribution < -0.4 is 0 Å². The molecule has 1 atom stereocenters. The number of nitrogens with zero attached hydrogens (tertiary/aromatic N) is 5. The monoisotopic (exact) mass is 287 g/mol. The molecule has 112 valence electrons. The van der Waals surface area contributed by atoms with Crippen molar-refractivity contribution in [2.24, 2.45) is 7.05 Å². The minimum Gasteiger partial charge on any atom is -0.347 e. The molecule has 2 aromatic rings. The Hall–Kier alpha value is -2.08. The summed E-state index contributed by atoms with van der Waals surface area (Å²) in [6.45, 7) is 2.22. The number of likely N-dealkylation sites (N-methyl/N-ethyl adjacent to an activating group) is 1. The minimum atomic E-state index is 0.0821. The van der Waals surface area contributed by atoms with E-state index in [1.54, 1.807) is 0 Å². The topological polar surface area (TPSA) is 46.3 Å². The van der Waals surface area contributed by atoms with Gasteiger partial charge in [-0.2, -0.15) is 0 Å². The molecule has 6 nitrogen and oxygen atoms in total. The molecule has 6 heteroatoms. The first kappa shape index (κ1) is 13.9. The number of amides is 1. The predicted octanol–water partition coefficient (Wildman–Crippen LogP) is 0.980. The van der Waals surface area contributed by atoms with Crippen molar-refractivity contribution in [2.75, 3.05) is 27.2 Å². The fraction of sp³-hybridized carbons (Fsp3) is 0.467. The van der Waals surface area contributed by atoms with Crippen molar-refractivity contribution in [1.82, 2.24) is 23.9 Å². The maximum atomic E-state index is 12.7. The highest BCUT2D eigenvalue weighted by atomic mass is 16.2. The van der Waals surface area contributed by atoms with E-state index in [-0.39, 0.29) is 11.9 Å². The Labute approximate surface area is 124 Å². The summed E-state index contributed by atoms with van der Waals surface area (Å²) < 4.78 is 4.06. The average molecular weight is 287 g/mol. The van der Waals surface area contributed by atoms with Crippen LogP contribution in [0.2, 0.25) is 0 Å². The van der Waals surface area contributed by atoms with Crippen LogP contribution in [-0.4, -0.2) is 57.0 Å². The third-order valence-electron chi connectivity index (χ3n) is 3.95. The smallest absolute Gasteiger partial charge is 0.270 e. The van der Waals surface area contributed by atoms with Crippen LogP contribution >= 0.6 is 0 Å². The fourth-order valence-corrected chi connectivity index (χ4v) is 2.95. The third kappa shape index (κ3) is 2.58. The van der Waals surface area contributed by atoms with Gasteiger partial charge in [0.25, 0.3) is 5.91 Å². The van der Waals surface area contributed by atoms with Crippen LogP contribution in [0.3, 0.4) is 0 Å². The van der Waals surface area contributed by atoms with Crippen molar-refractivity contribution >= 4 is 5.91 Å². The zero-order chi connectivity index (χ0) is 15.0. The van der Waals surface area contributed by atoms with Crippen LogP contribution in [0.5, 0.6) is 0 Å². The molecule has 3 rings (SSSR count). The summed E-state index contributed by atoms with van der Waals surface area (Å²) in [5.41, 5.74) is 1.82. The average Bonchev–Trinajstić information content (AvgIpc) is 3.05. The van der Waals surface area contributed by atoms with E-state index in [9.17, 15) is 4.79 Å². The van der Waals surface area contributed by atoms with Crippen molar-refractivity contribution in [1.29, 1.82) is 0 Å². The molecule has 0 fully saturated rings. The summed E-state index contributed by atoms with van der Waals surface area (Å²) in [7, 11) is 6.00. The van der Waals surface area contributed by atoms with Crippen LogP contribution in [0.25, 0.3) is 0 Å². The molecule has 1 amide bonds. The van der Waals surface area contributed by atoms with Gasteiger partial charge in [-0.05, 0) is 26.2 Å². The maximum Gasteiger partial charge on any atom is 0.270 e. The number of hydrogen-bond donors (Lipinski definition) is 0. The Balaban J connectivity index is 1.86. The summed E-state index contributed by atoms with van der Waals surface area (Å²) in [5, 5.41) is 0. The van der Waals surface area contributed by atoms with E-state index in [0.717, 1.165) is 17.9 Å². The van der Waals surface area contributed by atoms with Gasteiger partial charge in [-0.3, -0.25) is 4.79 Å². The van der Waals surface area contributed by atoms with Gasteiger partial charge in [-0.25, -0.2) is 4.98 Å². The van der Waals surface area contributed by atoms with Crippen LogP contribution in [0.15, 0.2) is 30.9 Å². The fourth-order valence-electron chi connectivity index (χ4n) is 2.95. The first-order chi connectivity index (χ1) is 10.1. The SMILES string of the molecule is CN(C)C[C@H]1CN(C(=O)c2cccn2C)Cc2cncn21. The Morgan fingerprint density at radius 1 is 1.48 bits per heavy atom. The molecular formula is C15H21N5O. The highest BCUT2D eigenvalue weighted by Crippen LogP contribution is 2.23. The number of hydrogen-bond acceptors (Lipinski definition) is 3. The van der Waals surface area contributed by atoms with Crippen LogP contribution in [0, 0.1) is 0 Å². The second kappa shape index (κ2) is 5.37. The first-order valence-electron chi connectivity index (χ1n) is 7.12. The van der Waals surface area contributed by atoms with Gasteiger partial charge >= 0.3 is 0 Å². The minimum absolute atomic E-state index is 0.0821. The number of carbonyl (C=O) groups is 1. The van der Waals surface area contributed by atoms with Crippen molar-refractivity contribution in [2.45, 2.75) is 12.6 Å². The zero-order valence-corrected chi connectivity index (χ0v) is 12.7. The van der Waals surface area contributed by atoms with Crippen LogP contribution in [0.1, 0.15) is 22.2 Å². The maximum absolute atomic E-state index is 12.7. The number of rotatable bonds is 3. The number of imidazole rings is 1. The van der Waals surface area contributed by atoms with E-state index in [1.807, 2.05) is 47.4 Å². The molecule has 0 bridgehead atoms. The molecule has 1 aliphatic heterocycles. The quantitative estimate of drug-likeness (QED) is 0.845. The second-order valence-corrected chi connectivity index (χ2v) is 5.90. The molecule has 0 spiro atoms. The molecule has 0 aliphatic carbocycles. The van der Waals surface area contributed by atoms with Gasteiger partial charge in [0.05, 0.1) is 24.6 Å².